The molecule has 4 N–H and O–H groups in total. The first kappa shape index (κ1) is 14.6. The van der Waals surface area contributed by atoms with Crippen LogP contribution >= 0.6 is 0 Å². The van der Waals surface area contributed by atoms with Gasteiger partial charge in [0.25, 0.3) is 10.0 Å². The Hall–Kier alpha value is -1.77. The molecular formula is C12H17N5O2S. The van der Waals surface area contributed by atoms with E-state index in [0.29, 0.717) is 11.3 Å². The van der Waals surface area contributed by atoms with E-state index in [4.69, 9.17) is 5.73 Å². The van der Waals surface area contributed by atoms with Crippen molar-refractivity contribution in [2.45, 2.75) is 32.0 Å². The Bertz CT molecular complexity index is 708. The predicted molar refractivity (Wildman–Crippen MR) is 74.2 cm³/mol. The van der Waals surface area contributed by atoms with E-state index < -0.39 is 10.0 Å². The number of rotatable bonds is 5. The lowest BCUT2D eigenvalue weighted by atomic mass is 10.2. The van der Waals surface area contributed by atoms with Crippen molar-refractivity contribution < 1.29 is 8.42 Å². The number of sulfonamides is 1. The first-order valence-corrected chi connectivity index (χ1v) is 7.57. The molecule has 108 valence electrons. The molecule has 0 atom stereocenters. The maximum Gasteiger partial charge on any atom is 0.260 e. The second kappa shape index (κ2) is 5.70. The minimum atomic E-state index is -3.69. The Morgan fingerprint density at radius 2 is 2.15 bits per heavy atom. The van der Waals surface area contributed by atoms with Crippen LogP contribution in [0.15, 0.2) is 23.5 Å². The normalized spacial score (nSPS) is 11.8. The van der Waals surface area contributed by atoms with Crippen molar-refractivity contribution in [3.8, 4) is 0 Å². The van der Waals surface area contributed by atoms with E-state index in [1.54, 1.807) is 25.4 Å². The molecule has 0 radical (unpaired) electrons. The van der Waals surface area contributed by atoms with Gasteiger partial charge in [0.05, 0.1) is 0 Å². The summed E-state index contributed by atoms with van der Waals surface area (Å²) >= 11 is 0. The van der Waals surface area contributed by atoms with Gasteiger partial charge in [0, 0.05) is 36.7 Å². The maximum absolute atomic E-state index is 12.2. The van der Waals surface area contributed by atoms with E-state index in [-0.39, 0.29) is 18.1 Å². The first-order chi connectivity index (χ1) is 9.45. The first-order valence-electron chi connectivity index (χ1n) is 6.08. The molecule has 7 nitrogen and oxygen atoms in total. The van der Waals surface area contributed by atoms with E-state index in [1.165, 1.54) is 0 Å². The van der Waals surface area contributed by atoms with Crippen LogP contribution in [0.5, 0.6) is 0 Å². The third-order valence-electron chi connectivity index (χ3n) is 3.08. The fourth-order valence-electron chi connectivity index (χ4n) is 1.83. The van der Waals surface area contributed by atoms with Gasteiger partial charge in [-0.25, -0.2) is 13.1 Å². The Labute approximate surface area is 117 Å². The summed E-state index contributed by atoms with van der Waals surface area (Å²) in [5.41, 5.74) is 8.52. The van der Waals surface area contributed by atoms with E-state index in [2.05, 4.69) is 19.9 Å². The van der Waals surface area contributed by atoms with Gasteiger partial charge in [-0.3, -0.25) is 10.1 Å². The number of aromatic nitrogens is 3. The SMILES string of the molecule is Cc1cnccc1CNS(=O)(=O)c1n[nH]c(C)c1CN. The third kappa shape index (κ3) is 2.87. The molecule has 0 bridgehead atoms. The summed E-state index contributed by atoms with van der Waals surface area (Å²) in [6.45, 7) is 3.92. The highest BCUT2D eigenvalue weighted by Crippen LogP contribution is 2.16. The zero-order valence-corrected chi connectivity index (χ0v) is 12.2. The van der Waals surface area contributed by atoms with Gasteiger partial charge in [0.1, 0.15) is 0 Å². The van der Waals surface area contributed by atoms with Crippen molar-refractivity contribution in [2.75, 3.05) is 0 Å². The molecule has 8 heteroatoms. The van der Waals surface area contributed by atoms with E-state index >= 15 is 0 Å². The lowest BCUT2D eigenvalue weighted by molar-refractivity contribution is 0.575. The molecule has 2 aromatic heterocycles. The minimum Gasteiger partial charge on any atom is -0.326 e. The van der Waals surface area contributed by atoms with Gasteiger partial charge in [-0.1, -0.05) is 0 Å². The number of nitrogens with zero attached hydrogens (tertiary/aromatic N) is 2. The zero-order valence-electron chi connectivity index (χ0n) is 11.3. The van der Waals surface area contributed by atoms with Crippen molar-refractivity contribution in [2.24, 2.45) is 5.73 Å². The molecule has 0 spiro atoms. The van der Waals surface area contributed by atoms with E-state index in [0.717, 1.165) is 11.1 Å². The van der Waals surface area contributed by atoms with Crippen LogP contribution in [-0.4, -0.2) is 23.6 Å². The zero-order chi connectivity index (χ0) is 14.8. The number of H-pyrrole nitrogens is 1. The summed E-state index contributed by atoms with van der Waals surface area (Å²) in [6.07, 6.45) is 3.31. The van der Waals surface area contributed by atoms with Crippen molar-refractivity contribution in [3.63, 3.8) is 0 Å². The van der Waals surface area contributed by atoms with Crippen LogP contribution in [0.25, 0.3) is 0 Å². The second-order valence-corrected chi connectivity index (χ2v) is 6.15. The van der Waals surface area contributed by atoms with Crippen LogP contribution in [0.2, 0.25) is 0 Å². The molecule has 2 heterocycles. The highest BCUT2D eigenvalue weighted by Gasteiger charge is 2.22. The van der Waals surface area contributed by atoms with Crippen LogP contribution in [0.3, 0.4) is 0 Å². The standard InChI is InChI=1S/C12H17N5O2S/c1-8-6-14-4-3-10(8)7-15-20(18,19)12-11(5-13)9(2)16-17-12/h3-4,6,15H,5,7,13H2,1-2H3,(H,16,17). The molecule has 2 aromatic rings. The summed E-state index contributed by atoms with van der Waals surface area (Å²) in [4.78, 5) is 3.97. The maximum atomic E-state index is 12.2. The highest BCUT2D eigenvalue weighted by atomic mass is 32.2. The number of pyridine rings is 1. The lowest BCUT2D eigenvalue weighted by Gasteiger charge is -2.08. The highest BCUT2D eigenvalue weighted by molar-refractivity contribution is 7.89. The molecule has 0 aliphatic rings. The fraction of sp³-hybridized carbons (Fsp3) is 0.333. The Morgan fingerprint density at radius 3 is 2.80 bits per heavy atom. The van der Waals surface area contributed by atoms with Gasteiger partial charge >= 0.3 is 0 Å². The summed E-state index contributed by atoms with van der Waals surface area (Å²) in [5.74, 6) is 0. The fourth-order valence-corrected chi connectivity index (χ4v) is 3.04. The van der Waals surface area contributed by atoms with Crippen LogP contribution in [0, 0.1) is 13.8 Å². The van der Waals surface area contributed by atoms with Gasteiger partial charge in [0.15, 0.2) is 5.03 Å². The summed E-state index contributed by atoms with van der Waals surface area (Å²) in [5, 5.41) is 6.43. The Kier molecular flexibility index (Phi) is 4.17. The Balaban J connectivity index is 2.22. The number of hydrogen-bond acceptors (Lipinski definition) is 5. The van der Waals surface area contributed by atoms with Crippen molar-refractivity contribution in [1.29, 1.82) is 0 Å². The molecule has 0 amide bonds. The topological polar surface area (TPSA) is 114 Å². The summed E-state index contributed by atoms with van der Waals surface area (Å²) in [6, 6.07) is 1.78. The average Bonchev–Trinajstić information content (AvgIpc) is 2.79. The van der Waals surface area contributed by atoms with E-state index in [1.807, 2.05) is 6.92 Å². The third-order valence-corrected chi connectivity index (χ3v) is 4.45. The monoisotopic (exact) mass is 295 g/mol. The molecule has 0 aliphatic carbocycles. The summed E-state index contributed by atoms with van der Waals surface area (Å²) in [7, 11) is -3.69. The average molecular weight is 295 g/mol. The number of aromatic amines is 1. The van der Waals surface area contributed by atoms with Gasteiger partial charge in [-0.05, 0) is 31.0 Å². The van der Waals surface area contributed by atoms with Gasteiger partial charge in [0.2, 0.25) is 0 Å². The number of aryl methyl sites for hydroxylation is 2. The predicted octanol–water partition coefficient (Wildman–Crippen LogP) is 0.359. The van der Waals surface area contributed by atoms with Crippen LogP contribution in [0.4, 0.5) is 0 Å². The lowest BCUT2D eigenvalue weighted by Crippen LogP contribution is -2.25. The van der Waals surface area contributed by atoms with Gasteiger partial charge in [-0.2, -0.15) is 5.10 Å². The molecule has 0 aromatic carbocycles. The second-order valence-electron chi connectivity index (χ2n) is 4.46. The molecule has 0 saturated heterocycles. The smallest absolute Gasteiger partial charge is 0.260 e. The van der Waals surface area contributed by atoms with Crippen LogP contribution < -0.4 is 10.5 Å². The van der Waals surface area contributed by atoms with E-state index in [9.17, 15) is 8.42 Å². The van der Waals surface area contributed by atoms with Crippen molar-refractivity contribution in [3.05, 3.63) is 40.8 Å². The molecular weight excluding hydrogens is 278 g/mol. The van der Waals surface area contributed by atoms with Gasteiger partial charge < -0.3 is 5.73 Å². The van der Waals surface area contributed by atoms with Crippen LogP contribution in [-0.2, 0) is 23.1 Å². The number of nitrogens with two attached hydrogens (primary N) is 1. The largest absolute Gasteiger partial charge is 0.326 e. The molecule has 2 rings (SSSR count). The van der Waals surface area contributed by atoms with Crippen LogP contribution in [0.1, 0.15) is 22.4 Å². The number of nitrogens with one attached hydrogen (secondary N) is 2. The molecule has 0 aliphatic heterocycles. The minimum absolute atomic E-state index is 0.0378. The summed E-state index contributed by atoms with van der Waals surface area (Å²) < 4.78 is 27.0. The molecule has 0 fully saturated rings. The van der Waals surface area contributed by atoms with Gasteiger partial charge in [-0.15, -0.1) is 0 Å². The van der Waals surface area contributed by atoms with Crippen molar-refractivity contribution in [1.82, 2.24) is 19.9 Å². The molecule has 20 heavy (non-hydrogen) atoms. The Morgan fingerprint density at radius 1 is 1.40 bits per heavy atom. The molecule has 0 saturated carbocycles. The number of hydrogen-bond donors (Lipinski definition) is 3. The van der Waals surface area contributed by atoms with Crippen molar-refractivity contribution >= 4 is 10.0 Å². The molecule has 0 unspecified atom stereocenters. The quantitative estimate of drug-likeness (QED) is 0.737.